The van der Waals surface area contributed by atoms with Gasteiger partial charge in [-0.1, -0.05) is 12.8 Å². The first-order valence-electron chi connectivity index (χ1n) is 7.68. The molecule has 3 aliphatic rings. The number of nitrogens with zero attached hydrogens (tertiary/aromatic N) is 1. The van der Waals surface area contributed by atoms with Crippen LogP contribution in [-0.2, 0) is 0 Å². The summed E-state index contributed by atoms with van der Waals surface area (Å²) in [6, 6.07) is 0. The summed E-state index contributed by atoms with van der Waals surface area (Å²) in [4.78, 5) is 2.64. The van der Waals surface area contributed by atoms with Crippen molar-refractivity contribution in [2.45, 2.75) is 44.9 Å². The van der Waals surface area contributed by atoms with Crippen molar-refractivity contribution < 1.29 is 0 Å². The largest absolute Gasteiger partial charge is 0.317 e. The van der Waals surface area contributed by atoms with Crippen molar-refractivity contribution in [2.24, 2.45) is 17.3 Å². The molecule has 1 heterocycles. The van der Waals surface area contributed by atoms with Crippen LogP contribution in [0.4, 0.5) is 0 Å². The van der Waals surface area contributed by atoms with Gasteiger partial charge < -0.3 is 10.2 Å². The van der Waals surface area contributed by atoms with Crippen LogP contribution < -0.4 is 5.32 Å². The summed E-state index contributed by atoms with van der Waals surface area (Å²) in [5, 5.41) is 3.50. The molecule has 0 aromatic carbocycles. The molecule has 1 spiro atoms. The van der Waals surface area contributed by atoms with Gasteiger partial charge in [0.2, 0.25) is 0 Å². The lowest BCUT2D eigenvalue weighted by Crippen LogP contribution is -2.32. The van der Waals surface area contributed by atoms with Gasteiger partial charge in [0.25, 0.3) is 0 Å². The van der Waals surface area contributed by atoms with Crippen molar-refractivity contribution >= 4 is 0 Å². The predicted octanol–water partition coefficient (Wildman–Crippen LogP) is 2.50. The molecule has 2 nitrogen and oxygen atoms in total. The first kappa shape index (κ1) is 12.0. The van der Waals surface area contributed by atoms with Crippen molar-refractivity contribution in [2.75, 3.05) is 33.2 Å². The van der Waals surface area contributed by atoms with E-state index >= 15 is 0 Å². The Bertz CT molecular complexity index is 252. The Hall–Kier alpha value is -0.0800. The summed E-state index contributed by atoms with van der Waals surface area (Å²) >= 11 is 0. The topological polar surface area (TPSA) is 15.3 Å². The Morgan fingerprint density at radius 2 is 1.82 bits per heavy atom. The monoisotopic (exact) mass is 236 g/mol. The summed E-state index contributed by atoms with van der Waals surface area (Å²) in [5.74, 6) is 2.04. The molecule has 0 aromatic heterocycles. The molecule has 3 rings (SSSR count). The average molecular weight is 236 g/mol. The highest BCUT2D eigenvalue weighted by atomic mass is 15.1. The molecular formula is C15H28N2. The Kier molecular flexibility index (Phi) is 3.45. The van der Waals surface area contributed by atoms with Gasteiger partial charge in [-0.2, -0.15) is 0 Å². The number of nitrogens with one attached hydrogen (secondary N) is 1. The molecule has 1 saturated heterocycles. The van der Waals surface area contributed by atoms with Gasteiger partial charge in [-0.25, -0.2) is 0 Å². The summed E-state index contributed by atoms with van der Waals surface area (Å²) in [6.07, 6.45) is 10.3. The van der Waals surface area contributed by atoms with Gasteiger partial charge in [0, 0.05) is 13.1 Å². The Balaban J connectivity index is 1.41. The Morgan fingerprint density at radius 3 is 2.53 bits per heavy atom. The van der Waals surface area contributed by atoms with Gasteiger partial charge in [-0.15, -0.1) is 0 Å². The summed E-state index contributed by atoms with van der Waals surface area (Å²) in [7, 11) is 2.35. The SMILES string of the molecule is CN(CC1CCCC1)CC1CC12CCNCC2. The van der Waals surface area contributed by atoms with Crippen molar-refractivity contribution in [3.8, 4) is 0 Å². The van der Waals surface area contributed by atoms with Crippen LogP contribution in [0, 0.1) is 17.3 Å². The first-order valence-corrected chi connectivity index (χ1v) is 7.68. The molecule has 0 radical (unpaired) electrons. The van der Waals surface area contributed by atoms with Gasteiger partial charge >= 0.3 is 0 Å². The Labute approximate surface area is 106 Å². The minimum Gasteiger partial charge on any atom is -0.317 e. The highest BCUT2D eigenvalue weighted by Gasteiger charge is 2.53. The smallest absolute Gasteiger partial charge is 0.00123 e. The fourth-order valence-corrected chi connectivity index (χ4v) is 4.31. The van der Waals surface area contributed by atoms with Crippen LogP contribution in [-0.4, -0.2) is 38.1 Å². The molecule has 17 heavy (non-hydrogen) atoms. The van der Waals surface area contributed by atoms with Gasteiger partial charge in [-0.3, -0.25) is 0 Å². The second-order valence-electron chi connectivity index (χ2n) is 6.89. The zero-order valence-corrected chi connectivity index (χ0v) is 11.4. The molecule has 98 valence electrons. The predicted molar refractivity (Wildman–Crippen MR) is 72.1 cm³/mol. The molecule has 1 unspecified atom stereocenters. The molecule has 3 fully saturated rings. The standard InChI is InChI=1S/C15H28N2/c1-17(11-13-4-2-3-5-13)12-14-10-15(14)6-8-16-9-7-15/h13-14,16H,2-12H2,1H3. The molecule has 0 bridgehead atoms. The van der Waals surface area contributed by atoms with E-state index in [1.54, 1.807) is 0 Å². The van der Waals surface area contributed by atoms with Gasteiger partial charge in [0.15, 0.2) is 0 Å². The van der Waals surface area contributed by atoms with Crippen LogP contribution in [0.5, 0.6) is 0 Å². The highest BCUT2D eigenvalue weighted by molar-refractivity contribution is 5.05. The van der Waals surface area contributed by atoms with Gasteiger partial charge in [0.05, 0.1) is 0 Å². The van der Waals surface area contributed by atoms with Gasteiger partial charge in [0.1, 0.15) is 0 Å². The second kappa shape index (κ2) is 4.89. The third-order valence-corrected chi connectivity index (χ3v) is 5.53. The van der Waals surface area contributed by atoms with Crippen LogP contribution in [0.1, 0.15) is 44.9 Å². The molecule has 2 saturated carbocycles. The van der Waals surface area contributed by atoms with E-state index in [1.807, 2.05) is 0 Å². The van der Waals surface area contributed by atoms with Crippen LogP contribution >= 0.6 is 0 Å². The number of hydrogen-bond acceptors (Lipinski definition) is 2. The van der Waals surface area contributed by atoms with Crippen molar-refractivity contribution in [1.29, 1.82) is 0 Å². The van der Waals surface area contributed by atoms with Crippen LogP contribution in [0.15, 0.2) is 0 Å². The van der Waals surface area contributed by atoms with Crippen LogP contribution in [0.25, 0.3) is 0 Å². The van der Waals surface area contributed by atoms with E-state index in [0.29, 0.717) is 0 Å². The molecular weight excluding hydrogens is 208 g/mol. The van der Waals surface area contributed by atoms with Crippen LogP contribution in [0.3, 0.4) is 0 Å². The van der Waals surface area contributed by atoms with Crippen LogP contribution in [0.2, 0.25) is 0 Å². The molecule has 2 heteroatoms. The number of hydrogen-bond donors (Lipinski definition) is 1. The quantitative estimate of drug-likeness (QED) is 0.807. The van der Waals surface area contributed by atoms with Crippen molar-refractivity contribution in [3.05, 3.63) is 0 Å². The van der Waals surface area contributed by atoms with Gasteiger partial charge in [-0.05, 0) is 69.5 Å². The molecule has 0 aromatic rings. The Morgan fingerprint density at radius 1 is 1.12 bits per heavy atom. The molecule has 1 N–H and O–H groups in total. The maximum Gasteiger partial charge on any atom is 0.00123 e. The average Bonchev–Trinajstić information content (AvgIpc) is 2.78. The lowest BCUT2D eigenvalue weighted by Gasteiger charge is -2.26. The van der Waals surface area contributed by atoms with E-state index in [2.05, 4.69) is 17.3 Å². The lowest BCUT2D eigenvalue weighted by molar-refractivity contribution is 0.235. The fourth-order valence-electron chi connectivity index (χ4n) is 4.31. The van der Waals surface area contributed by atoms with E-state index < -0.39 is 0 Å². The zero-order valence-electron chi connectivity index (χ0n) is 11.4. The summed E-state index contributed by atoms with van der Waals surface area (Å²) < 4.78 is 0. The maximum absolute atomic E-state index is 3.50. The van der Waals surface area contributed by atoms with E-state index in [0.717, 1.165) is 17.3 Å². The summed E-state index contributed by atoms with van der Waals surface area (Å²) in [5.41, 5.74) is 0.773. The van der Waals surface area contributed by atoms with E-state index in [-0.39, 0.29) is 0 Å². The molecule has 0 amide bonds. The fraction of sp³-hybridized carbons (Fsp3) is 1.00. The van der Waals surface area contributed by atoms with E-state index in [1.165, 1.54) is 71.1 Å². The normalized spacial score (nSPS) is 32.5. The molecule has 1 atom stereocenters. The third-order valence-electron chi connectivity index (χ3n) is 5.53. The minimum absolute atomic E-state index is 0.773. The third kappa shape index (κ3) is 2.68. The van der Waals surface area contributed by atoms with E-state index in [4.69, 9.17) is 0 Å². The second-order valence-corrected chi connectivity index (χ2v) is 6.89. The molecule has 1 aliphatic heterocycles. The van der Waals surface area contributed by atoms with Crippen molar-refractivity contribution in [1.82, 2.24) is 10.2 Å². The number of piperidine rings is 1. The zero-order chi connectivity index (χ0) is 11.7. The lowest BCUT2D eigenvalue weighted by atomic mass is 9.92. The molecule has 2 aliphatic carbocycles. The minimum atomic E-state index is 0.773. The first-order chi connectivity index (χ1) is 8.28. The highest BCUT2D eigenvalue weighted by Crippen LogP contribution is 2.58. The van der Waals surface area contributed by atoms with Crippen molar-refractivity contribution in [3.63, 3.8) is 0 Å². The van der Waals surface area contributed by atoms with E-state index in [9.17, 15) is 0 Å². The summed E-state index contributed by atoms with van der Waals surface area (Å²) in [6.45, 7) is 5.27. The maximum atomic E-state index is 3.50. The number of rotatable bonds is 4.